The molecular formula is C13H21N3O3S. The molecule has 1 aromatic heterocycles. The number of ether oxygens (including phenoxy) is 1. The molecule has 0 aliphatic carbocycles. The molecule has 1 fully saturated rings. The number of rotatable bonds is 5. The van der Waals surface area contributed by atoms with Crippen molar-refractivity contribution < 1.29 is 13.2 Å². The molecule has 1 aliphatic heterocycles. The highest BCUT2D eigenvalue weighted by Gasteiger charge is 2.30. The summed E-state index contributed by atoms with van der Waals surface area (Å²) in [7, 11) is -3.50. The van der Waals surface area contributed by atoms with Gasteiger partial charge in [0.05, 0.1) is 6.10 Å². The van der Waals surface area contributed by atoms with Crippen LogP contribution in [0.2, 0.25) is 0 Å². The van der Waals surface area contributed by atoms with Gasteiger partial charge in [0.15, 0.2) is 0 Å². The minimum absolute atomic E-state index is 0.0137. The van der Waals surface area contributed by atoms with Gasteiger partial charge >= 0.3 is 0 Å². The van der Waals surface area contributed by atoms with E-state index < -0.39 is 10.0 Å². The van der Waals surface area contributed by atoms with Crippen LogP contribution in [0.15, 0.2) is 23.2 Å². The summed E-state index contributed by atoms with van der Waals surface area (Å²) in [5, 5.41) is 0. The van der Waals surface area contributed by atoms with Crippen molar-refractivity contribution in [3.05, 3.63) is 18.3 Å². The molecule has 1 unspecified atom stereocenters. The fraction of sp³-hybridized carbons (Fsp3) is 0.615. The van der Waals surface area contributed by atoms with Gasteiger partial charge < -0.3 is 10.5 Å². The van der Waals surface area contributed by atoms with Crippen LogP contribution in [0.4, 0.5) is 5.82 Å². The minimum Gasteiger partial charge on any atom is -0.384 e. The number of nitrogens with two attached hydrogens (primary N) is 1. The van der Waals surface area contributed by atoms with Crippen molar-refractivity contribution in [1.82, 2.24) is 9.29 Å². The monoisotopic (exact) mass is 299 g/mol. The predicted molar refractivity (Wildman–Crippen MR) is 76.7 cm³/mol. The number of nitrogen functional groups attached to an aromatic ring is 1. The summed E-state index contributed by atoms with van der Waals surface area (Å²) in [6.45, 7) is 3.64. The van der Waals surface area contributed by atoms with Gasteiger partial charge in [-0.15, -0.1) is 0 Å². The summed E-state index contributed by atoms with van der Waals surface area (Å²) in [4.78, 5) is 4.03. The number of aromatic nitrogens is 1. The highest BCUT2D eigenvalue weighted by Crippen LogP contribution is 2.22. The molecule has 0 saturated carbocycles. The number of hydrogen-bond acceptors (Lipinski definition) is 5. The third-order valence-corrected chi connectivity index (χ3v) is 5.14. The van der Waals surface area contributed by atoms with E-state index in [0.717, 1.165) is 19.3 Å². The standard InChI is InChI=1S/C13H21N3O3S/c1-2-8-19-11-4-3-7-16(10-11)20(17,18)12-5-6-13(14)15-9-12/h5-6,9,11H,2-4,7-8,10H2,1H3,(H2,14,15). The average Bonchev–Trinajstić information content (AvgIpc) is 2.46. The number of anilines is 1. The number of pyridine rings is 1. The average molecular weight is 299 g/mol. The number of nitrogens with zero attached hydrogens (tertiary/aromatic N) is 2. The molecule has 1 aliphatic rings. The molecule has 0 spiro atoms. The van der Waals surface area contributed by atoms with Gasteiger partial charge in [-0.1, -0.05) is 6.92 Å². The zero-order chi connectivity index (χ0) is 14.6. The van der Waals surface area contributed by atoms with Gasteiger partial charge in [-0.05, 0) is 31.4 Å². The molecular weight excluding hydrogens is 278 g/mol. The van der Waals surface area contributed by atoms with E-state index in [0.29, 0.717) is 25.5 Å². The van der Waals surface area contributed by atoms with E-state index in [1.807, 2.05) is 6.92 Å². The van der Waals surface area contributed by atoms with Gasteiger partial charge in [-0.25, -0.2) is 13.4 Å². The second-order valence-corrected chi connectivity index (χ2v) is 6.85. The molecule has 2 rings (SSSR count). The van der Waals surface area contributed by atoms with Crippen molar-refractivity contribution in [1.29, 1.82) is 0 Å². The van der Waals surface area contributed by atoms with E-state index in [4.69, 9.17) is 10.5 Å². The fourth-order valence-corrected chi connectivity index (χ4v) is 3.69. The van der Waals surface area contributed by atoms with Gasteiger partial charge in [0.25, 0.3) is 0 Å². The molecule has 1 aromatic rings. The lowest BCUT2D eigenvalue weighted by molar-refractivity contribution is 0.0193. The molecule has 0 radical (unpaired) electrons. The van der Waals surface area contributed by atoms with Gasteiger partial charge in [0.1, 0.15) is 10.7 Å². The first kappa shape index (κ1) is 15.2. The SMILES string of the molecule is CCCOC1CCCN(S(=O)(=O)c2ccc(N)nc2)C1. The summed E-state index contributed by atoms with van der Waals surface area (Å²) in [6.07, 6.45) is 3.95. The van der Waals surface area contributed by atoms with Crippen molar-refractivity contribution >= 4 is 15.8 Å². The molecule has 1 atom stereocenters. The Bertz CT molecular complexity index is 530. The number of hydrogen-bond donors (Lipinski definition) is 1. The molecule has 2 heterocycles. The lowest BCUT2D eigenvalue weighted by Crippen LogP contribution is -2.43. The van der Waals surface area contributed by atoms with Crippen LogP contribution in [-0.4, -0.2) is 43.5 Å². The summed E-state index contributed by atoms with van der Waals surface area (Å²) in [6, 6.07) is 3.00. The van der Waals surface area contributed by atoms with Gasteiger partial charge in [0, 0.05) is 25.9 Å². The van der Waals surface area contributed by atoms with E-state index in [2.05, 4.69) is 4.98 Å². The maximum Gasteiger partial charge on any atom is 0.244 e. The van der Waals surface area contributed by atoms with Crippen LogP contribution in [0.5, 0.6) is 0 Å². The maximum absolute atomic E-state index is 12.5. The van der Waals surface area contributed by atoms with Crippen LogP contribution in [0.25, 0.3) is 0 Å². The topological polar surface area (TPSA) is 85.5 Å². The fourth-order valence-electron chi connectivity index (χ4n) is 2.24. The first-order valence-corrected chi connectivity index (χ1v) is 8.31. The Hall–Kier alpha value is -1.18. The summed E-state index contributed by atoms with van der Waals surface area (Å²) < 4.78 is 32.2. The van der Waals surface area contributed by atoms with Crippen LogP contribution >= 0.6 is 0 Å². The first-order chi connectivity index (χ1) is 9.54. The quantitative estimate of drug-likeness (QED) is 0.884. The van der Waals surface area contributed by atoms with Gasteiger partial charge in [-0.2, -0.15) is 4.31 Å². The highest BCUT2D eigenvalue weighted by atomic mass is 32.2. The lowest BCUT2D eigenvalue weighted by atomic mass is 10.1. The smallest absolute Gasteiger partial charge is 0.244 e. The predicted octanol–water partition coefficient (Wildman–Crippen LogP) is 1.24. The molecule has 0 amide bonds. The van der Waals surface area contributed by atoms with Crippen LogP contribution in [0.3, 0.4) is 0 Å². The molecule has 0 bridgehead atoms. The van der Waals surface area contributed by atoms with E-state index in [1.165, 1.54) is 22.6 Å². The largest absolute Gasteiger partial charge is 0.384 e. The van der Waals surface area contributed by atoms with E-state index in [9.17, 15) is 8.42 Å². The molecule has 6 nitrogen and oxygen atoms in total. The summed E-state index contributed by atoms with van der Waals surface area (Å²) in [5.74, 6) is 0.312. The molecule has 0 aromatic carbocycles. The van der Waals surface area contributed by atoms with Crippen molar-refractivity contribution in [2.24, 2.45) is 0 Å². The van der Waals surface area contributed by atoms with Crippen molar-refractivity contribution in [2.75, 3.05) is 25.4 Å². The normalized spacial score (nSPS) is 20.9. The second-order valence-electron chi connectivity index (χ2n) is 4.92. The van der Waals surface area contributed by atoms with Crippen LogP contribution in [0.1, 0.15) is 26.2 Å². The molecule has 20 heavy (non-hydrogen) atoms. The Morgan fingerprint density at radius 3 is 2.95 bits per heavy atom. The Morgan fingerprint density at radius 2 is 2.30 bits per heavy atom. The minimum atomic E-state index is -3.50. The van der Waals surface area contributed by atoms with Crippen molar-refractivity contribution in [2.45, 2.75) is 37.2 Å². The van der Waals surface area contributed by atoms with Crippen LogP contribution in [0, 0.1) is 0 Å². The molecule has 112 valence electrons. The molecule has 7 heteroatoms. The van der Waals surface area contributed by atoms with Crippen LogP contribution < -0.4 is 5.73 Å². The number of piperidine rings is 1. The number of sulfonamides is 1. The summed E-state index contributed by atoms with van der Waals surface area (Å²) >= 11 is 0. The summed E-state index contributed by atoms with van der Waals surface area (Å²) in [5.41, 5.74) is 5.49. The molecule has 2 N–H and O–H groups in total. The highest BCUT2D eigenvalue weighted by molar-refractivity contribution is 7.89. The lowest BCUT2D eigenvalue weighted by Gasteiger charge is -2.31. The Labute approximate surface area is 120 Å². The van der Waals surface area contributed by atoms with E-state index >= 15 is 0 Å². The van der Waals surface area contributed by atoms with Crippen molar-refractivity contribution in [3.8, 4) is 0 Å². The Kier molecular flexibility index (Phi) is 4.95. The van der Waals surface area contributed by atoms with Crippen LogP contribution in [-0.2, 0) is 14.8 Å². The Balaban J connectivity index is 2.10. The Morgan fingerprint density at radius 1 is 1.50 bits per heavy atom. The van der Waals surface area contributed by atoms with E-state index in [-0.39, 0.29) is 11.0 Å². The third kappa shape index (κ3) is 3.47. The zero-order valence-corrected chi connectivity index (χ0v) is 12.5. The van der Waals surface area contributed by atoms with Gasteiger partial charge in [0.2, 0.25) is 10.0 Å². The van der Waals surface area contributed by atoms with Gasteiger partial charge in [-0.3, -0.25) is 0 Å². The van der Waals surface area contributed by atoms with Crippen molar-refractivity contribution in [3.63, 3.8) is 0 Å². The first-order valence-electron chi connectivity index (χ1n) is 6.87. The molecule has 1 saturated heterocycles. The van der Waals surface area contributed by atoms with E-state index in [1.54, 1.807) is 0 Å². The third-order valence-electron chi connectivity index (χ3n) is 3.30. The zero-order valence-electron chi connectivity index (χ0n) is 11.7. The second kappa shape index (κ2) is 6.51. The maximum atomic E-state index is 12.5.